The fourth-order valence-electron chi connectivity index (χ4n) is 1.20. The first-order valence-corrected chi connectivity index (χ1v) is 4.47. The van der Waals surface area contributed by atoms with E-state index in [1.807, 2.05) is 0 Å². The molecule has 3 nitrogen and oxygen atoms in total. The summed E-state index contributed by atoms with van der Waals surface area (Å²) in [5.41, 5.74) is 0.985. The number of rotatable bonds is 2. The van der Waals surface area contributed by atoms with Gasteiger partial charge in [-0.15, -0.1) is 0 Å². The van der Waals surface area contributed by atoms with Crippen LogP contribution in [-0.2, 0) is 6.54 Å². The lowest BCUT2D eigenvalue weighted by atomic mass is 10.3. The topological polar surface area (TPSA) is 38.1 Å². The van der Waals surface area contributed by atoms with Crippen molar-refractivity contribution in [1.82, 2.24) is 10.3 Å². The van der Waals surface area contributed by atoms with E-state index >= 15 is 0 Å². The Hall–Kier alpha value is -1.13. The fraction of sp³-hybridized carbons (Fsp3) is 0.222. The molecule has 5 heteroatoms. The summed E-state index contributed by atoms with van der Waals surface area (Å²) in [6.45, 7) is 0.508. The van der Waals surface area contributed by atoms with Gasteiger partial charge in [0.1, 0.15) is 11.3 Å². The number of oxazole rings is 1. The van der Waals surface area contributed by atoms with E-state index in [-0.39, 0.29) is 5.02 Å². The molecule has 2 aromatic rings. The fourth-order valence-corrected chi connectivity index (χ4v) is 1.36. The first kappa shape index (κ1) is 9.43. The van der Waals surface area contributed by atoms with Crippen molar-refractivity contribution in [1.29, 1.82) is 0 Å². The minimum absolute atomic E-state index is 0.0572. The molecule has 1 N–H and O–H groups in total. The standard InChI is InChI=1S/C9H8ClFN2O/c1-12-4-9-13-7-2-5(10)6(11)3-8(7)14-9/h2-3,12H,4H2,1H3. The van der Waals surface area contributed by atoms with Crippen molar-refractivity contribution in [2.24, 2.45) is 0 Å². The monoisotopic (exact) mass is 214 g/mol. The zero-order chi connectivity index (χ0) is 10.1. The van der Waals surface area contributed by atoms with Crippen molar-refractivity contribution < 1.29 is 8.81 Å². The van der Waals surface area contributed by atoms with Crippen LogP contribution in [0.15, 0.2) is 16.5 Å². The van der Waals surface area contributed by atoms with Crippen molar-refractivity contribution in [3.63, 3.8) is 0 Å². The van der Waals surface area contributed by atoms with Gasteiger partial charge in [-0.05, 0) is 13.1 Å². The van der Waals surface area contributed by atoms with Crippen LogP contribution in [-0.4, -0.2) is 12.0 Å². The number of benzene rings is 1. The second-order valence-electron chi connectivity index (χ2n) is 2.87. The number of nitrogens with one attached hydrogen (secondary N) is 1. The van der Waals surface area contributed by atoms with Gasteiger partial charge in [-0.2, -0.15) is 0 Å². The van der Waals surface area contributed by atoms with Gasteiger partial charge >= 0.3 is 0 Å². The third kappa shape index (κ3) is 1.58. The summed E-state index contributed by atoms with van der Waals surface area (Å²) >= 11 is 5.60. The van der Waals surface area contributed by atoms with Crippen LogP contribution in [0, 0.1) is 5.82 Å². The lowest BCUT2D eigenvalue weighted by molar-refractivity contribution is 0.509. The largest absolute Gasteiger partial charge is 0.439 e. The molecular weight excluding hydrogens is 207 g/mol. The van der Waals surface area contributed by atoms with E-state index in [0.29, 0.717) is 23.5 Å². The van der Waals surface area contributed by atoms with Crippen LogP contribution in [0.5, 0.6) is 0 Å². The van der Waals surface area contributed by atoms with E-state index in [0.717, 1.165) is 0 Å². The van der Waals surface area contributed by atoms with Crippen LogP contribution < -0.4 is 5.32 Å². The van der Waals surface area contributed by atoms with Gasteiger partial charge in [0.25, 0.3) is 0 Å². The molecule has 0 saturated carbocycles. The van der Waals surface area contributed by atoms with E-state index in [1.54, 1.807) is 7.05 Å². The minimum atomic E-state index is -0.494. The molecule has 0 aliphatic heterocycles. The Bertz CT molecular complexity index is 430. The van der Waals surface area contributed by atoms with Gasteiger partial charge in [0.15, 0.2) is 5.58 Å². The summed E-state index contributed by atoms with van der Waals surface area (Å²) in [5.74, 6) is 0.0236. The Morgan fingerprint density at radius 2 is 2.36 bits per heavy atom. The maximum absolute atomic E-state index is 13.0. The normalized spacial score (nSPS) is 11.1. The predicted molar refractivity (Wildman–Crippen MR) is 51.7 cm³/mol. The Balaban J connectivity index is 2.54. The van der Waals surface area contributed by atoms with E-state index in [1.165, 1.54) is 12.1 Å². The zero-order valence-corrected chi connectivity index (χ0v) is 8.23. The molecule has 1 aromatic carbocycles. The van der Waals surface area contributed by atoms with Gasteiger partial charge in [0, 0.05) is 6.07 Å². The molecule has 2 rings (SSSR count). The second-order valence-corrected chi connectivity index (χ2v) is 3.28. The first-order valence-electron chi connectivity index (χ1n) is 4.10. The van der Waals surface area contributed by atoms with Crippen molar-refractivity contribution in [2.75, 3.05) is 7.05 Å². The number of fused-ring (bicyclic) bond motifs is 1. The Morgan fingerprint density at radius 1 is 1.57 bits per heavy atom. The molecule has 74 valence electrons. The van der Waals surface area contributed by atoms with Crippen LogP contribution >= 0.6 is 11.6 Å². The molecule has 0 unspecified atom stereocenters. The summed E-state index contributed by atoms with van der Waals surface area (Å²) in [6.07, 6.45) is 0. The third-order valence-corrected chi connectivity index (χ3v) is 2.09. The highest BCUT2D eigenvalue weighted by Crippen LogP contribution is 2.23. The maximum atomic E-state index is 13.0. The van der Waals surface area contributed by atoms with Crippen LogP contribution in [0.25, 0.3) is 11.1 Å². The highest BCUT2D eigenvalue weighted by Gasteiger charge is 2.08. The molecule has 14 heavy (non-hydrogen) atoms. The number of hydrogen-bond donors (Lipinski definition) is 1. The van der Waals surface area contributed by atoms with Crippen molar-refractivity contribution in [2.45, 2.75) is 6.54 Å². The van der Waals surface area contributed by atoms with Gasteiger partial charge in [-0.3, -0.25) is 0 Å². The van der Waals surface area contributed by atoms with Crippen LogP contribution in [0.2, 0.25) is 5.02 Å². The highest BCUT2D eigenvalue weighted by molar-refractivity contribution is 6.31. The number of halogens is 2. The summed E-state index contributed by atoms with van der Waals surface area (Å²) in [5, 5.41) is 2.95. The minimum Gasteiger partial charge on any atom is -0.439 e. The Morgan fingerprint density at radius 3 is 3.07 bits per heavy atom. The van der Waals surface area contributed by atoms with E-state index in [9.17, 15) is 4.39 Å². The van der Waals surface area contributed by atoms with Crippen molar-refractivity contribution >= 4 is 22.7 Å². The predicted octanol–water partition coefficient (Wildman–Crippen LogP) is 2.34. The van der Waals surface area contributed by atoms with Crippen LogP contribution in [0.4, 0.5) is 4.39 Å². The molecule has 0 atom stereocenters. The number of nitrogens with zero attached hydrogens (tertiary/aromatic N) is 1. The molecule has 0 saturated heterocycles. The summed E-state index contributed by atoms with van der Waals surface area (Å²) in [6, 6.07) is 2.69. The van der Waals surface area contributed by atoms with E-state index in [4.69, 9.17) is 16.0 Å². The summed E-state index contributed by atoms with van der Waals surface area (Å²) in [7, 11) is 1.78. The van der Waals surface area contributed by atoms with Crippen molar-refractivity contribution in [3.05, 3.63) is 28.9 Å². The number of aromatic nitrogens is 1. The molecule has 0 fully saturated rings. The van der Waals surface area contributed by atoms with E-state index in [2.05, 4.69) is 10.3 Å². The highest BCUT2D eigenvalue weighted by atomic mass is 35.5. The van der Waals surface area contributed by atoms with Gasteiger partial charge in [0.2, 0.25) is 5.89 Å². The smallest absolute Gasteiger partial charge is 0.209 e. The molecule has 0 aliphatic rings. The zero-order valence-electron chi connectivity index (χ0n) is 7.47. The second kappa shape index (κ2) is 3.55. The van der Waals surface area contributed by atoms with Crippen LogP contribution in [0.1, 0.15) is 5.89 Å². The Kier molecular flexibility index (Phi) is 2.39. The quantitative estimate of drug-likeness (QED) is 0.834. The molecule has 1 heterocycles. The molecular formula is C9H8ClFN2O. The molecule has 0 aliphatic carbocycles. The Labute approximate surface area is 84.9 Å². The molecule has 0 amide bonds. The van der Waals surface area contributed by atoms with Gasteiger partial charge in [-0.25, -0.2) is 9.37 Å². The van der Waals surface area contributed by atoms with Gasteiger partial charge in [0.05, 0.1) is 11.6 Å². The summed E-state index contributed by atoms with van der Waals surface area (Å²) < 4.78 is 18.3. The average Bonchev–Trinajstić information content (AvgIpc) is 2.48. The maximum Gasteiger partial charge on any atom is 0.209 e. The average molecular weight is 215 g/mol. The molecule has 0 radical (unpaired) electrons. The molecule has 1 aromatic heterocycles. The summed E-state index contributed by atoms with van der Waals surface area (Å²) in [4.78, 5) is 4.12. The van der Waals surface area contributed by atoms with E-state index < -0.39 is 5.82 Å². The lowest BCUT2D eigenvalue weighted by Gasteiger charge is -1.90. The molecule has 0 spiro atoms. The van der Waals surface area contributed by atoms with Crippen molar-refractivity contribution in [3.8, 4) is 0 Å². The first-order chi connectivity index (χ1) is 6.70. The van der Waals surface area contributed by atoms with Gasteiger partial charge in [-0.1, -0.05) is 11.6 Å². The van der Waals surface area contributed by atoms with Gasteiger partial charge < -0.3 is 9.73 Å². The number of hydrogen-bond acceptors (Lipinski definition) is 3. The SMILES string of the molecule is CNCc1nc2cc(Cl)c(F)cc2o1. The lowest BCUT2D eigenvalue weighted by Crippen LogP contribution is -2.04. The molecule has 0 bridgehead atoms. The van der Waals surface area contributed by atoms with Crippen LogP contribution in [0.3, 0.4) is 0 Å². The third-order valence-electron chi connectivity index (χ3n) is 1.80.